The van der Waals surface area contributed by atoms with Crippen molar-refractivity contribution in [2.75, 3.05) is 13.3 Å². The zero-order valence-corrected chi connectivity index (χ0v) is 19.9. The number of rotatable bonds is 11. The summed E-state index contributed by atoms with van der Waals surface area (Å²) in [6.07, 6.45) is 4.82. The van der Waals surface area contributed by atoms with E-state index in [2.05, 4.69) is 13.5 Å². The van der Waals surface area contributed by atoms with Crippen molar-refractivity contribution in [2.45, 2.75) is 59.8 Å². The van der Waals surface area contributed by atoms with Crippen molar-refractivity contribution in [1.82, 2.24) is 0 Å². The highest BCUT2D eigenvalue weighted by molar-refractivity contribution is 7.53. The Kier molecular flexibility index (Phi) is 8.76. The molecule has 2 aromatic rings. The summed E-state index contributed by atoms with van der Waals surface area (Å²) in [6, 6.07) is 9.68. The first-order valence-electron chi connectivity index (χ1n) is 10.7. The van der Waals surface area contributed by atoms with Gasteiger partial charge in [-0.05, 0) is 61.9 Å². The maximum Gasteiger partial charge on any atom is 0.376 e. The first-order chi connectivity index (χ1) is 14.2. The smallest absolute Gasteiger partial charge is 0.376 e. The third-order valence-electron chi connectivity index (χ3n) is 4.91. The molecule has 1 unspecified atom stereocenters. The van der Waals surface area contributed by atoms with Gasteiger partial charge in [0.15, 0.2) is 0 Å². The van der Waals surface area contributed by atoms with Crippen LogP contribution in [-0.4, -0.2) is 18.4 Å². The van der Waals surface area contributed by atoms with Crippen LogP contribution in [0.5, 0.6) is 11.5 Å². The van der Waals surface area contributed by atoms with Gasteiger partial charge in [0, 0.05) is 6.66 Å². The average molecular weight is 431 g/mol. The molecule has 1 atom stereocenters. The molecule has 0 spiro atoms. The van der Waals surface area contributed by atoms with Crippen molar-refractivity contribution in [2.24, 2.45) is 0 Å². The summed E-state index contributed by atoms with van der Waals surface area (Å²) in [6.45, 7) is 14.0. The van der Waals surface area contributed by atoms with Gasteiger partial charge in [-0.2, -0.15) is 0 Å². The largest absolute Gasteiger partial charge is 0.507 e. The first kappa shape index (κ1) is 24.2. The summed E-state index contributed by atoms with van der Waals surface area (Å²) in [7, 11) is -3.33. The molecule has 0 aromatic heterocycles. The Bertz CT molecular complexity index is 933. The van der Waals surface area contributed by atoms with Gasteiger partial charge in [-0.25, -0.2) is 4.57 Å². The van der Waals surface area contributed by atoms with E-state index in [0.717, 1.165) is 59.9 Å². The van der Waals surface area contributed by atoms with Crippen LogP contribution < -0.4 is 4.52 Å². The Morgan fingerprint density at radius 3 is 2.50 bits per heavy atom. The second kappa shape index (κ2) is 10.8. The molecule has 4 nitrogen and oxygen atoms in total. The van der Waals surface area contributed by atoms with E-state index in [1.54, 1.807) is 6.07 Å². The standard InChI is InChI=1S/C25H35O4P/c1-7-9-10-11-20-16-23(26)25(22-15-19(5)12-13-21(22)18(3)4)24(17-20)29-30(6,27)28-14-8-2/h12-13,15-17,26H,3,7-11,14H2,1-2,4-6H3. The predicted octanol–water partition coefficient (Wildman–Crippen LogP) is 7.76. The van der Waals surface area contributed by atoms with E-state index in [1.807, 2.05) is 45.0 Å². The molecule has 0 heterocycles. The second-order valence-corrected chi connectivity index (χ2v) is 9.95. The normalized spacial score (nSPS) is 13.1. The molecule has 2 rings (SSSR count). The van der Waals surface area contributed by atoms with Crippen LogP contribution in [0.1, 0.15) is 63.1 Å². The maximum absolute atomic E-state index is 13.0. The zero-order valence-electron chi connectivity index (χ0n) is 19.0. The van der Waals surface area contributed by atoms with E-state index >= 15 is 0 Å². The Morgan fingerprint density at radius 2 is 1.87 bits per heavy atom. The molecule has 0 aliphatic rings. The van der Waals surface area contributed by atoms with E-state index < -0.39 is 7.60 Å². The van der Waals surface area contributed by atoms with Gasteiger partial charge in [0.1, 0.15) is 11.5 Å². The minimum atomic E-state index is -3.33. The summed E-state index contributed by atoms with van der Waals surface area (Å²) in [4.78, 5) is 0. The topological polar surface area (TPSA) is 55.8 Å². The number of hydrogen-bond acceptors (Lipinski definition) is 4. The van der Waals surface area contributed by atoms with Crippen molar-refractivity contribution in [3.63, 3.8) is 0 Å². The van der Waals surface area contributed by atoms with Crippen LogP contribution >= 0.6 is 7.60 Å². The van der Waals surface area contributed by atoms with E-state index in [0.29, 0.717) is 17.9 Å². The minimum absolute atomic E-state index is 0.114. The van der Waals surface area contributed by atoms with E-state index in [4.69, 9.17) is 9.05 Å². The number of unbranched alkanes of at least 4 members (excludes halogenated alkanes) is 2. The van der Waals surface area contributed by atoms with Gasteiger partial charge in [-0.15, -0.1) is 0 Å². The van der Waals surface area contributed by atoms with E-state index in [-0.39, 0.29) is 5.75 Å². The second-order valence-electron chi connectivity index (χ2n) is 7.97. The minimum Gasteiger partial charge on any atom is -0.507 e. The summed E-state index contributed by atoms with van der Waals surface area (Å²) >= 11 is 0. The highest BCUT2D eigenvalue weighted by atomic mass is 31.2. The van der Waals surface area contributed by atoms with Crippen LogP contribution in [0.15, 0.2) is 36.9 Å². The molecule has 0 bridgehead atoms. The van der Waals surface area contributed by atoms with Crippen LogP contribution in [0.4, 0.5) is 0 Å². The highest BCUT2D eigenvalue weighted by Gasteiger charge is 2.24. The first-order valence-corrected chi connectivity index (χ1v) is 12.7. The number of benzene rings is 2. The molecule has 0 amide bonds. The summed E-state index contributed by atoms with van der Waals surface area (Å²) in [5.41, 5.74) is 5.14. The van der Waals surface area contributed by atoms with Crippen LogP contribution in [0, 0.1) is 6.92 Å². The van der Waals surface area contributed by atoms with Crippen molar-refractivity contribution >= 4 is 13.2 Å². The van der Waals surface area contributed by atoms with Crippen LogP contribution in [0.3, 0.4) is 0 Å². The lowest BCUT2D eigenvalue weighted by molar-refractivity contribution is 0.270. The van der Waals surface area contributed by atoms with Gasteiger partial charge in [-0.1, -0.05) is 62.6 Å². The SMILES string of the molecule is C=C(C)c1ccc(C)cc1-c1c(O)cc(CCCCC)cc1OP(C)(=O)OCCC. The van der Waals surface area contributed by atoms with Gasteiger partial charge < -0.3 is 9.63 Å². The lowest BCUT2D eigenvalue weighted by Gasteiger charge is -2.21. The molecule has 1 N–H and O–H groups in total. The van der Waals surface area contributed by atoms with Gasteiger partial charge >= 0.3 is 7.60 Å². The molecule has 164 valence electrons. The zero-order chi connectivity index (χ0) is 22.3. The Labute approximate surface area is 181 Å². The Hall–Kier alpha value is -2.03. The molecule has 0 radical (unpaired) electrons. The Morgan fingerprint density at radius 1 is 1.13 bits per heavy atom. The van der Waals surface area contributed by atoms with Gasteiger partial charge in [0.05, 0.1) is 12.2 Å². The number of aromatic hydroxyl groups is 1. The van der Waals surface area contributed by atoms with Crippen molar-refractivity contribution in [3.8, 4) is 22.6 Å². The molecule has 5 heteroatoms. The molecular formula is C25H35O4P. The fourth-order valence-electron chi connectivity index (χ4n) is 3.42. The van der Waals surface area contributed by atoms with Gasteiger partial charge in [0.2, 0.25) is 0 Å². The summed E-state index contributed by atoms with van der Waals surface area (Å²) < 4.78 is 24.4. The summed E-state index contributed by atoms with van der Waals surface area (Å²) in [5.74, 6) is 0.499. The van der Waals surface area contributed by atoms with Gasteiger partial charge in [0.25, 0.3) is 0 Å². The number of hydrogen-bond donors (Lipinski definition) is 1. The molecule has 0 aliphatic heterocycles. The molecule has 0 saturated carbocycles. The lowest BCUT2D eigenvalue weighted by Crippen LogP contribution is -2.01. The number of phenolic OH excluding ortho intramolecular Hbond substituents is 1. The molecular weight excluding hydrogens is 395 g/mol. The number of phenols is 1. The molecule has 30 heavy (non-hydrogen) atoms. The number of allylic oxidation sites excluding steroid dienone is 1. The van der Waals surface area contributed by atoms with Crippen molar-refractivity contribution in [3.05, 3.63) is 53.6 Å². The quantitative estimate of drug-likeness (QED) is 0.292. The summed E-state index contributed by atoms with van der Waals surface area (Å²) in [5, 5.41) is 11.0. The average Bonchev–Trinajstić information content (AvgIpc) is 2.66. The van der Waals surface area contributed by atoms with Gasteiger partial charge in [-0.3, -0.25) is 4.52 Å². The Balaban J connectivity index is 2.62. The van der Waals surface area contributed by atoms with E-state index in [1.165, 1.54) is 6.66 Å². The van der Waals surface area contributed by atoms with Crippen LogP contribution in [-0.2, 0) is 15.5 Å². The van der Waals surface area contributed by atoms with Crippen molar-refractivity contribution in [1.29, 1.82) is 0 Å². The fraction of sp³-hybridized carbons (Fsp3) is 0.440. The van der Waals surface area contributed by atoms with Crippen LogP contribution in [0.25, 0.3) is 16.7 Å². The third-order valence-corrected chi connectivity index (χ3v) is 6.09. The third kappa shape index (κ3) is 6.48. The predicted molar refractivity (Wildman–Crippen MR) is 127 cm³/mol. The molecule has 2 aromatic carbocycles. The van der Waals surface area contributed by atoms with Crippen LogP contribution in [0.2, 0.25) is 0 Å². The lowest BCUT2D eigenvalue weighted by atomic mass is 9.91. The molecule has 0 saturated heterocycles. The maximum atomic E-state index is 13.0. The number of aryl methyl sites for hydroxylation is 2. The molecule has 0 aliphatic carbocycles. The van der Waals surface area contributed by atoms with E-state index in [9.17, 15) is 9.67 Å². The van der Waals surface area contributed by atoms with Crippen molar-refractivity contribution < 1.29 is 18.7 Å². The fourth-order valence-corrected chi connectivity index (χ4v) is 4.49. The monoisotopic (exact) mass is 430 g/mol. The molecule has 0 fully saturated rings. The highest BCUT2D eigenvalue weighted by Crippen LogP contribution is 2.51.